The molecule has 4 unspecified atom stereocenters. The molecule has 2 aromatic rings. The number of phenols is 1. The van der Waals surface area contributed by atoms with Crippen LogP contribution in [0.25, 0.3) is 5.76 Å². The monoisotopic (exact) mass is 649 g/mol. The molecule has 3 aliphatic carbocycles. The second-order valence-corrected chi connectivity index (χ2v) is 12.5. The van der Waals surface area contributed by atoms with Gasteiger partial charge in [-0.2, -0.15) is 0 Å². The van der Waals surface area contributed by atoms with Gasteiger partial charge in [-0.3, -0.25) is 19.3 Å². The lowest BCUT2D eigenvalue weighted by Crippen LogP contribution is -2.65. The molecular weight excluding hydrogens is 614 g/mol. The number of fused-ring (bicyclic) bond motifs is 4. The number of Topliss-reactive ketones (excluding diaryl/α,β-unsaturated/α-hetero) is 2. The molecule has 6 rings (SSSR count). The highest BCUT2D eigenvalue weighted by molar-refractivity contribution is 6.24. The molecule has 15 nitrogen and oxygen atoms in total. The number of aliphatic hydroxyl groups excluding tert-OH is 2. The first kappa shape index (κ1) is 31.7. The summed E-state index contributed by atoms with van der Waals surface area (Å²) in [5.74, 6) is -6.26. The number of carbonyl (C=O) groups excluding carboxylic acids is 4. The van der Waals surface area contributed by atoms with Crippen LogP contribution in [0.2, 0.25) is 0 Å². The van der Waals surface area contributed by atoms with Crippen LogP contribution in [-0.4, -0.2) is 95.5 Å². The molecule has 3 amide bonds. The number of likely N-dealkylation sites (N-methyl/N-ethyl adjacent to an activating group) is 1. The number of carbonyl (C=O) groups is 4. The second-order valence-electron chi connectivity index (χ2n) is 12.5. The molecule has 248 valence electrons. The SMILES string of the molecule is CN(C)c1cc(CNC(=O)Nc2ccc3c(c2)OCO3)c(O)c2c1CC1CC3C(N(C)C)C(=O)C(C(N)=O)=C(O)C3(O)C(=O)C1=C2O. The van der Waals surface area contributed by atoms with E-state index in [0.717, 1.165) is 0 Å². The van der Waals surface area contributed by atoms with E-state index >= 15 is 0 Å². The lowest BCUT2D eigenvalue weighted by molar-refractivity contribution is -0.153. The molecule has 0 aromatic heterocycles. The number of rotatable bonds is 6. The van der Waals surface area contributed by atoms with Crippen molar-refractivity contribution in [2.24, 2.45) is 17.6 Å². The van der Waals surface area contributed by atoms with Crippen molar-refractivity contribution < 1.29 is 49.1 Å². The Morgan fingerprint density at radius 1 is 1.06 bits per heavy atom. The summed E-state index contributed by atoms with van der Waals surface area (Å²) in [7, 11) is 6.60. The lowest BCUT2D eigenvalue weighted by Gasteiger charge is -2.50. The second kappa shape index (κ2) is 11.2. The van der Waals surface area contributed by atoms with Gasteiger partial charge < -0.3 is 51.2 Å². The Kier molecular flexibility index (Phi) is 7.56. The number of hydrogen-bond acceptors (Lipinski definition) is 12. The zero-order chi connectivity index (χ0) is 34.1. The highest BCUT2D eigenvalue weighted by Crippen LogP contribution is 2.54. The van der Waals surface area contributed by atoms with Crippen molar-refractivity contribution in [2.45, 2.75) is 31.0 Å². The standard InChI is InChI=1S/C32H35N5O10/c1-36(2)18-9-14(11-34-31(44)35-15-5-6-19-20(10-15)47-12-46-19)25(38)22-16(18)7-13-8-17-24(37(3)4)27(40)23(30(33)43)29(42)32(17,45)28(41)21(13)26(22)39/h5-6,9-10,13,17,24,38-39,42,45H,7-8,11-12H2,1-4H3,(H2,33,43)(H2,34,35,44). The van der Waals surface area contributed by atoms with Crippen LogP contribution in [0.1, 0.15) is 23.1 Å². The van der Waals surface area contributed by atoms with Crippen LogP contribution in [0.15, 0.2) is 41.2 Å². The summed E-state index contributed by atoms with van der Waals surface area (Å²) in [6.45, 7) is -0.102. The number of primary amides is 1. The first-order valence-corrected chi connectivity index (χ1v) is 14.8. The van der Waals surface area contributed by atoms with Crippen LogP contribution in [0.3, 0.4) is 0 Å². The number of anilines is 2. The fourth-order valence-corrected chi connectivity index (χ4v) is 7.20. The fourth-order valence-electron chi connectivity index (χ4n) is 7.20. The van der Waals surface area contributed by atoms with Gasteiger partial charge in [-0.1, -0.05) is 0 Å². The number of nitrogens with one attached hydrogen (secondary N) is 2. The summed E-state index contributed by atoms with van der Waals surface area (Å²) >= 11 is 0. The Balaban J connectivity index is 1.37. The average Bonchev–Trinajstić information content (AvgIpc) is 3.46. The summed E-state index contributed by atoms with van der Waals surface area (Å²) < 4.78 is 10.6. The smallest absolute Gasteiger partial charge is 0.319 e. The Morgan fingerprint density at radius 2 is 1.77 bits per heavy atom. The van der Waals surface area contributed by atoms with Gasteiger partial charge in [0.25, 0.3) is 5.91 Å². The van der Waals surface area contributed by atoms with Gasteiger partial charge in [0.15, 0.2) is 22.9 Å². The minimum absolute atomic E-state index is 0.0251. The van der Waals surface area contributed by atoms with Gasteiger partial charge in [0, 0.05) is 55.1 Å². The number of ether oxygens (including phenoxy) is 2. The number of hydrogen-bond donors (Lipinski definition) is 7. The minimum Gasteiger partial charge on any atom is -0.508 e. The molecule has 2 aromatic carbocycles. The highest BCUT2D eigenvalue weighted by atomic mass is 16.7. The Morgan fingerprint density at radius 3 is 2.43 bits per heavy atom. The van der Waals surface area contributed by atoms with Crippen LogP contribution < -0.4 is 30.7 Å². The number of nitrogens with zero attached hydrogens (tertiary/aromatic N) is 2. The summed E-state index contributed by atoms with van der Waals surface area (Å²) in [5, 5.41) is 51.3. The van der Waals surface area contributed by atoms with Crippen molar-refractivity contribution >= 4 is 40.6 Å². The van der Waals surface area contributed by atoms with Crippen LogP contribution in [-0.2, 0) is 27.3 Å². The van der Waals surface area contributed by atoms with E-state index in [-0.39, 0.29) is 42.9 Å². The molecule has 8 N–H and O–H groups in total. The van der Waals surface area contributed by atoms with Crippen LogP contribution in [0.4, 0.5) is 16.2 Å². The third-order valence-electron chi connectivity index (χ3n) is 9.33. The summed E-state index contributed by atoms with van der Waals surface area (Å²) in [6.07, 6.45) is 0.108. The van der Waals surface area contributed by atoms with E-state index in [9.17, 15) is 39.6 Å². The number of urea groups is 1. The predicted molar refractivity (Wildman–Crippen MR) is 167 cm³/mol. The van der Waals surface area contributed by atoms with Gasteiger partial charge in [-0.15, -0.1) is 0 Å². The normalized spacial score (nSPS) is 24.5. The number of nitrogens with two attached hydrogens (primary N) is 1. The summed E-state index contributed by atoms with van der Waals surface area (Å²) in [5.41, 5.74) is 3.20. The van der Waals surface area contributed by atoms with Gasteiger partial charge in [0.2, 0.25) is 12.6 Å². The van der Waals surface area contributed by atoms with Crippen LogP contribution in [0.5, 0.6) is 17.2 Å². The van der Waals surface area contributed by atoms with Gasteiger partial charge in [0.1, 0.15) is 22.8 Å². The summed E-state index contributed by atoms with van der Waals surface area (Å²) in [4.78, 5) is 55.6. The number of benzene rings is 2. The van der Waals surface area contributed by atoms with Crippen molar-refractivity contribution in [3.8, 4) is 17.2 Å². The predicted octanol–water partition coefficient (Wildman–Crippen LogP) is 1.08. The molecule has 4 aliphatic rings. The van der Waals surface area contributed by atoms with Crippen molar-refractivity contribution in [2.75, 3.05) is 45.2 Å². The van der Waals surface area contributed by atoms with Gasteiger partial charge in [0.05, 0.1) is 11.6 Å². The maximum Gasteiger partial charge on any atom is 0.319 e. The largest absolute Gasteiger partial charge is 0.508 e. The van der Waals surface area contributed by atoms with E-state index in [1.54, 1.807) is 57.4 Å². The quantitative estimate of drug-likeness (QED) is 0.218. The Hall–Kier alpha value is -5.28. The zero-order valence-corrected chi connectivity index (χ0v) is 26.1. The maximum absolute atomic E-state index is 14.1. The number of phenolic OH excluding ortho intramolecular Hbond substituents is 1. The lowest BCUT2D eigenvalue weighted by atomic mass is 9.57. The van der Waals surface area contributed by atoms with Crippen LogP contribution >= 0.6 is 0 Å². The highest BCUT2D eigenvalue weighted by Gasteiger charge is 2.64. The van der Waals surface area contributed by atoms with E-state index in [4.69, 9.17) is 15.2 Å². The average molecular weight is 650 g/mol. The Bertz CT molecular complexity index is 1820. The summed E-state index contributed by atoms with van der Waals surface area (Å²) in [6, 6.07) is 4.78. The third kappa shape index (κ3) is 4.80. The molecule has 1 saturated carbocycles. The molecule has 0 spiro atoms. The Labute approximate surface area is 268 Å². The molecule has 1 fully saturated rings. The van der Waals surface area contributed by atoms with E-state index in [2.05, 4.69) is 10.6 Å². The van der Waals surface area contributed by atoms with Crippen molar-refractivity contribution in [1.29, 1.82) is 0 Å². The number of amides is 3. The fraction of sp³-hybridized carbons (Fsp3) is 0.375. The molecule has 0 radical (unpaired) electrons. The first-order chi connectivity index (χ1) is 22.2. The molecule has 0 saturated heterocycles. The van der Waals surface area contributed by atoms with Gasteiger partial charge in [-0.25, -0.2) is 4.79 Å². The number of ketones is 2. The maximum atomic E-state index is 14.1. The number of aliphatic hydroxyl groups is 3. The van der Waals surface area contributed by atoms with E-state index in [1.165, 1.54) is 4.90 Å². The van der Waals surface area contributed by atoms with E-state index in [0.29, 0.717) is 28.4 Å². The van der Waals surface area contributed by atoms with Gasteiger partial charge in [-0.05, 0) is 56.6 Å². The molecule has 1 aliphatic heterocycles. The van der Waals surface area contributed by atoms with Crippen molar-refractivity contribution in [3.05, 3.63) is 57.9 Å². The molecule has 0 bridgehead atoms. The molecule has 47 heavy (non-hydrogen) atoms. The van der Waals surface area contributed by atoms with E-state index < -0.39 is 69.8 Å². The molecule has 1 heterocycles. The third-order valence-corrected chi connectivity index (χ3v) is 9.33. The van der Waals surface area contributed by atoms with E-state index in [1.807, 2.05) is 0 Å². The number of aromatic hydroxyl groups is 1. The molecule has 15 heteroatoms. The topological polar surface area (TPSA) is 224 Å². The van der Waals surface area contributed by atoms with Crippen molar-refractivity contribution in [3.63, 3.8) is 0 Å². The molecular formula is C32H35N5O10. The minimum atomic E-state index is -2.74. The van der Waals surface area contributed by atoms with Gasteiger partial charge >= 0.3 is 6.03 Å². The first-order valence-electron chi connectivity index (χ1n) is 14.8. The van der Waals surface area contributed by atoms with Crippen molar-refractivity contribution in [1.82, 2.24) is 10.2 Å². The van der Waals surface area contributed by atoms with Crippen LogP contribution in [0, 0.1) is 11.8 Å². The zero-order valence-electron chi connectivity index (χ0n) is 26.1. The molecule has 4 atom stereocenters.